The first-order valence-electron chi connectivity index (χ1n) is 7.67. The molecule has 118 valence electrons. The molecular weight excluding hydrogens is 356 g/mol. The van der Waals surface area contributed by atoms with Crippen LogP contribution in [0.25, 0.3) is 11.0 Å². The van der Waals surface area contributed by atoms with Crippen LogP contribution in [0.1, 0.15) is 5.56 Å². The van der Waals surface area contributed by atoms with Gasteiger partial charge in [-0.25, -0.2) is 9.97 Å². The predicted octanol–water partition coefficient (Wildman–Crippen LogP) is 2.44. The second kappa shape index (κ2) is 6.25. The van der Waals surface area contributed by atoms with Crippen LogP contribution in [0.15, 0.2) is 41.3 Å². The first kappa shape index (κ1) is 14.6. The van der Waals surface area contributed by atoms with Gasteiger partial charge in [0.1, 0.15) is 16.7 Å². The number of halogens is 1. The van der Waals surface area contributed by atoms with E-state index in [1.807, 2.05) is 0 Å². The highest BCUT2D eigenvalue weighted by Gasteiger charge is 2.21. The molecule has 7 heteroatoms. The van der Waals surface area contributed by atoms with E-state index in [9.17, 15) is 0 Å². The Hall–Kier alpha value is -1.99. The highest BCUT2D eigenvalue weighted by Crippen LogP contribution is 2.28. The lowest BCUT2D eigenvalue weighted by molar-refractivity contribution is 0.249. The third-order valence-corrected chi connectivity index (χ3v) is 4.79. The molecule has 1 fully saturated rings. The van der Waals surface area contributed by atoms with Crippen LogP contribution in [0.4, 0.5) is 5.82 Å². The second-order valence-electron chi connectivity index (χ2n) is 5.68. The van der Waals surface area contributed by atoms with Gasteiger partial charge in [0.15, 0.2) is 5.65 Å². The first-order valence-corrected chi connectivity index (χ1v) is 8.46. The van der Waals surface area contributed by atoms with Crippen LogP contribution in [-0.4, -0.2) is 51.2 Å². The SMILES string of the molecule is Brc1n[nH]c2ncnc(N3CCN(Cc4ccccc4)CC3)c12. The summed E-state index contributed by atoms with van der Waals surface area (Å²) in [7, 11) is 0. The van der Waals surface area contributed by atoms with Gasteiger partial charge in [0, 0.05) is 32.7 Å². The van der Waals surface area contributed by atoms with E-state index in [2.05, 4.69) is 76.2 Å². The van der Waals surface area contributed by atoms with Crippen LogP contribution in [0.2, 0.25) is 0 Å². The van der Waals surface area contributed by atoms with Crippen LogP contribution in [0.5, 0.6) is 0 Å². The highest BCUT2D eigenvalue weighted by atomic mass is 79.9. The molecule has 0 spiro atoms. The van der Waals surface area contributed by atoms with Crippen molar-refractivity contribution >= 4 is 32.8 Å². The summed E-state index contributed by atoms with van der Waals surface area (Å²) in [5.41, 5.74) is 2.14. The zero-order valence-electron chi connectivity index (χ0n) is 12.6. The van der Waals surface area contributed by atoms with Crippen molar-refractivity contribution in [3.05, 3.63) is 46.8 Å². The second-order valence-corrected chi connectivity index (χ2v) is 6.44. The van der Waals surface area contributed by atoms with E-state index in [1.54, 1.807) is 6.33 Å². The Kier molecular flexibility index (Phi) is 3.97. The third kappa shape index (κ3) is 2.94. The van der Waals surface area contributed by atoms with Crippen molar-refractivity contribution in [1.82, 2.24) is 25.1 Å². The minimum atomic E-state index is 0.772. The zero-order chi connectivity index (χ0) is 15.6. The Morgan fingerprint density at radius 2 is 1.83 bits per heavy atom. The zero-order valence-corrected chi connectivity index (χ0v) is 14.2. The number of benzene rings is 1. The summed E-state index contributed by atoms with van der Waals surface area (Å²) >= 11 is 3.48. The fourth-order valence-corrected chi connectivity index (χ4v) is 3.46. The van der Waals surface area contributed by atoms with Crippen molar-refractivity contribution in [2.24, 2.45) is 0 Å². The lowest BCUT2D eigenvalue weighted by Crippen LogP contribution is -2.46. The summed E-state index contributed by atoms with van der Waals surface area (Å²) in [4.78, 5) is 13.5. The number of rotatable bonds is 3. The molecule has 1 aliphatic heterocycles. The summed E-state index contributed by atoms with van der Waals surface area (Å²) in [6, 6.07) is 10.6. The molecule has 6 nitrogen and oxygen atoms in total. The number of H-pyrrole nitrogens is 1. The number of nitrogens with zero attached hydrogens (tertiary/aromatic N) is 5. The average molecular weight is 373 g/mol. The number of fused-ring (bicyclic) bond motifs is 1. The van der Waals surface area contributed by atoms with Crippen LogP contribution in [0, 0.1) is 0 Å². The molecule has 1 aliphatic rings. The topological polar surface area (TPSA) is 60.9 Å². The summed E-state index contributed by atoms with van der Waals surface area (Å²) in [5.74, 6) is 0.954. The van der Waals surface area contributed by atoms with Crippen molar-refractivity contribution in [3.8, 4) is 0 Å². The van der Waals surface area contributed by atoms with Gasteiger partial charge in [0.25, 0.3) is 0 Å². The molecule has 1 N–H and O–H groups in total. The summed E-state index contributed by atoms with van der Waals surface area (Å²) < 4.78 is 0.773. The molecule has 0 radical (unpaired) electrons. The third-order valence-electron chi connectivity index (χ3n) is 4.21. The van der Waals surface area contributed by atoms with Gasteiger partial charge in [0.2, 0.25) is 0 Å². The fourth-order valence-electron chi connectivity index (χ4n) is 3.01. The van der Waals surface area contributed by atoms with E-state index in [0.29, 0.717) is 0 Å². The maximum atomic E-state index is 4.48. The average Bonchev–Trinajstić information content (AvgIpc) is 2.98. The van der Waals surface area contributed by atoms with Gasteiger partial charge in [-0.1, -0.05) is 30.3 Å². The molecule has 23 heavy (non-hydrogen) atoms. The Bertz CT molecular complexity index is 795. The molecular formula is C16H17BrN6. The molecule has 4 rings (SSSR count). The fraction of sp³-hybridized carbons (Fsp3) is 0.312. The van der Waals surface area contributed by atoms with Crippen molar-refractivity contribution in [3.63, 3.8) is 0 Å². The summed E-state index contributed by atoms with van der Waals surface area (Å²) in [5, 5.41) is 8.06. The minimum absolute atomic E-state index is 0.772. The molecule has 1 aromatic carbocycles. The lowest BCUT2D eigenvalue weighted by atomic mass is 10.2. The Morgan fingerprint density at radius 3 is 2.61 bits per heavy atom. The van der Waals surface area contributed by atoms with Crippen LogP contribution >= 0.6 is 15.9 Å². The van der Waals surface area contributed by atoms with Gasteiger partial charge < -0.3 is 4.90 Å². The monoisotopic (exact) mass is 372 g/mol. The maximum absolute atomic E-state index is 4.48. The quantitative estimate of drug-likeness (QED) is 0.764. The number of piperazine rings is 1. The first-order chi connectivity index (χ1) is 11.3. The number of aromatic nitrogens is 4. The lowest BCUT2D eigenvalue weighted by Gasteiger charge is -2.35. The van der Waals surface area contributed by atoms with Crippen LogP contribution in [0.3, 0.4) is 0 Å². The van der Waals surface area contributed by atoms with E-state index in [4.69, 9.17) is 0 Å². The van der Waals surface area contributed by atoms with Gasteiger partial charge in [-0.15, -0.1) is 0 Å². The van der Waals surface area contributed by atoms with Crippen LogP contribution in [-0.2, 0) is 6.54 Å². The van der Waals surface area contributed by atoms with Gasteiger partial charge in [-0.2, -0.15) is 5.10 Å². The molecule has 0 saturated carbocycles. The smallest absolute Gasteiger partial charge is 0.161 e. The van der Waals surface area contributed by atoms with Crippen molar-refractivity contribution in [2.45, 2.75) is 6.54 Å². The van der Waals surface area contributed by atoms with Gasteiger partial charge >= 0.3 is 0 Å². The van der Waals surface area contributed by atoms with Crippen LogP contribution < -0.4 is 4.90 Å². The summed E-state index contributed by atoms with van der Waals surface area (Å²) in [6.45, 7) is 4.96. The van der Waals surface area contributed by atoms with E-state index in [0.717, 1.165) is 54.2 Å². The Balaban J connectivity index is 1.48. The number of aromatic amines is 1. The van der Waals surface area contributed by atoms with E-state index in [-0.39, 0.29) is 0 Å². The minimum Gasteiger partial charge on any atom is -0.353 e. The normalized spacial score (nSPS) is 16.1. The molecule has 0 unspecified atom stereocenters. The van der Waals surface area contributed by atoms with Gasteiger partial charge in [-0.3, -0.25) is 10.00 Å². The number of anilines is 1. The standard InChI is InChI=1S/C16H17BrN6/c17-14-13-15(21-20-14)18-11-19-16(13)23-8-6-22(7-9-23)10-12-4-2-1-3-5-12/h1-5,11H,6-10H2,(H,18,19,20,21). The van der Waals surface area contributed by atoms with E-state index < -0.39 is 0 Å². The van der Waals surface area contributed by atoms with Gasteiger partial charge in [-0.05, 0) is 21.5 Å². The van der Waals surface area contributed by atoms with E-state index >= 15 is 0 Å². The maximum Gasteiger partial charge on any atom is 0.161 e. The van der Waals surface area contributed by atoms with E-state index in [1.165, 1.54) is 5.56 Å². The Labute approximate surface area is 142 Å². The molecule has 2 aromatic heterocycles. The molecule has 1 saturated heterocycles. The van der Waals surface area contributed by atoms with Crippen molar-refractivity contribution in [1.29, 1.82) is 0 Å². The molecule has 0 bridgehead atoms. The van der Waals surface area contributed by atoms with Gasteiger partial charge in [0.05, 0.1) is 5.39 Å². The Morgan fingerprint density at radius 1 is 1.04 bits per heavy atom. The number of nitrogens with one attached hydrogen (secondary N) is 1. The van der Waals surface area contributed by atoms with Crippen molar-refractivity contribution in [2.75, 3.05) is 31.1 Å². The van der Waals surface area contributed by atoms with Crippen molar-refractivity contribution < 1.29 is 0 Å². The predicted molar refractivity (Wildman–Crippen MR) is 93.3 cm³/mol. The molecule has 0 amide bonds. The molecule has 3 aromatic rings. The summed E-state index contributed by atoms with van der Waals surface area (Å²) in [6.07, 6.45) is 1.60. The molecule has 0 aliphatic carbocycles. The molecule has 0 atom stereocenters. The number of hydrogen-bond donors (Lipinski definition) is 1. The number of hydrogen-bond acceptors (Lipinski definition) is 5. The highest BCUT2D eigenvalue weighted by molar-refractivity contribution is 9.10. The molecule has 3 heterocycles. The largest absolute Gasteiger partial charge is 0.353 e.